The number of rotatable bonds is 6. The van der Waals surface area contributed by atoms with Crippen LogP contribution in [0.4, 0.5) is 0 Å². The molecular weight excluding hydrogens is 232 g/mol. The SMILES string of the molecule is CCCCCC(O)c1ccc(C2CCC(C)C2)cc1. The molecule has 0 saturated heterocycles. The first-order valence-corrected chi connectivity index (χ1v) is 7.98. The van der Waals surface area contributed by atoms with Gasteiger partial charge in [-0.05, 0) is 42.2 Å². The molecule has 2 rings (SSSR count). The lowest BCUT2D eigenvalue weighted by molar-refractivity contribution is 0.163. The molecule has 3 unspecified atom stereocenters. The van der Waals surface area contributed by atoms with Gasteiger partial charge in [0, 0.05) is 0 Å². The summed E-state index contributed by atoms with van der Waals surface area (Å²) in [6, 6.07) is 8.74. The van der Waals surface area contributed by atoms with E-state index in [1.807, 2.05) is 0 Å². The third kappa shape index (κ3) is 4.07. The lowest BCUT2D eigenvalue weighted by Gasteiger charge is -2.14. The molecule has 1 N–H and O–H groups in total. The van der Waals surface area contributed by atoms with Crippen molar-refractivity contribution in [2.45, 2.75) is 70.8 Å². The highest BCUT2D eigenvalue weighted by atomic mass is 16.3. The van der Waals surface area contributed by atoms with Gasteiger partial charge in [-0.3, -0.25) is 0 Å². The first kappa shape index (κ1) is 14.6. The van der Waals surface area contributed by atoms with E-state index in [4.69, 9.17) is 0 Å². The second-order valence-corrected chi connectivity index (χ2v) is 6.29. The number of hydrogen-bond donors (Lipinski definition) is 1. The van der Waals surface area contributed by atoms with E-state index in [2.05, 4.69) is 38.1 Å². The van der Waals surface area contributed by atoms with Gasteiger partial charge >= 0.3 is 0 Å². The van der Waals surface area contributed by atoms with Crippen molar-refractivity contribution in [1.82, 2.24) is 0 Å². The maximum atomic E-state index is 10.1. The van der Waals surface area contributed by atoms with Gasteiger partial charge < -0.3 is 5.11 Å². The number of aliphatic hydroxyl groups excluding tert-OH is 1. The number of hydrogen-bond acceptors (Lipinski definition) is 1. The molecular formula is C18H28O. The summed E-state index contributed by atoms with van der Waals surface area (Å²) >= 11 is 0. The van der Waals surface area contributed by atoms with Crippen LogP contribution in [0, 0.1) is 5.92 Å². The van der Waals surface area contributed by atoms with Gasteiger partial charge in [-0.15, -0.1) is 0 Å². The number of unbranched alkanes of at least 4 members (excludes halogenated alkanes) is 2. The highest BCUT2D eigenvalue weighted by Gasteiger charge is 2.22. The average molecular weight is 260 g/mol. The van der Waals surface area contributed by atoms with Crippen LogP contribution in [0.3, 0.4) is 0 Å². The smallest absolute Gasteiger partial charge is 0.0790 e. The van der Waals surface area contributed by atoms with E-state index in [0.29, 0.717) is 0 Å². The van der Waals surface area contributed by atoms with E-state index in [9.17, 15) is 5.11 Å². The van der Waals surface area contributed by atoms with Gasteiger partial charge in [0.15, 0.2) is 0 Å². The molecule has 3 atom stereocenters. The van der Waals surface area contributed by atoms with E-state index in [-0.39, 0.29) is 6.10 Å². The second kappa shape index (κ2) is 7.09. The third-order valence-corrected chi connectivity index (χ3v) is 4.57. The van der Waals surface area contributed by atoms with Gasteiger partial charge in [0.05, 0.1) is 6.10 Å². The van der Waals surface area contributed by atoms with Gasteiger partial charge in [-0.1, -0.05) is 63.8 Å². The summed E-state index contributed by atoms with van der Waals surface area (Å²) in [5.74, 6) is 1.63. The van der Waals surface area contributed by atoms with Crippen LogP contribution >= 0.6 is 0 Å². The zero-order valence-electron chi connectivity index (χ0n) is 12.4. The van der Waals surface area contributed by atoms with Crippen molar-refractivity contribution in [2.75, 3.05) is 0 Å². The Balaban J connectivity index is 1.90. The largest absolute Gasteiger partial charge is 0.388 e. The molecule has 19 heavy (non-hydrogen) atoms. The van der Waals surface area contributed by atoms with E-state index in [1.54, 1.807) is 0 Å². The standard InChI is InChI=1S/C18H28O/c1-3-4-5-6-18(19)16-11-9-15(10-12-16)17-8-7-14(2)13-17/h9-12,14,17-19H,3-8,13H2,1-2H3. The number of aliphatic hydroxyl groups is 1. The number of benzene rings is 1. The third-order valence-electron chi connectivity index (χ3n) is 4.57. The maximum Gasteiger partial charge on any atom is 0.0790 e. The van der Waals surface area contributed by atoms with Crippen LogP contribution in [0.2, 0.25) is 0 Å². The van der Waals surface area contributed by atoms with Gasteiger partial charge in [-0.25, -0.2) is 0 Å². The molecule has 0 spiro atoms. The highest BCUT2D eigenvalue weighted by Crippen LogP contribution is 2.38. The van der Waals surface area contributed by atoms with Gasteiger partial charge in [0.2, 0.25) is 0 Å². The summed E-state index contributed by atoms with van der Waals surface area (Å²) in [6.07, 6.45) is 8.21. The van der Waals surface area contributed by atoms with Crippen molar-refractivity contribution in [2.24, 2.45) is 5.92 Å². The normalized spacial score (nSPS) is 24.6. The molecule has 1 aliphatic carbocycles. The molecule has 1 aromatic carbocycles. The summed E-state index contributed by atoms with van der Waals surface area (Å²) < 4.78 is 0. The van der Waals surface area contributed by atoms with Crippen molar-refractivity contribution in [3.05, 3.63) is 35.4 Å². The lowest BCUT2D eigenvalue weighted by atomic mass is 9.94. The zero-order chi connectivity index (χ0) is 13.7. The summed E-state index contributed by atoms with van der Waals surface area (Å²) in [5.41, 5.74) is 2.56. The Hall–Kier alpha value is -0.820. The van der Waals surface area contributed by atoms with Gasteiger partial charge in [0.25, 0.3) is 0 Å². The molecule has 0 heterocycles. The molecule has 0 bridgehead atoms. The van der Waals surface area contributed by atoms with E-state index < -0.39 is 0 Å². The minimum Gasteiger partial charge on any atom is -0.388 e. The Bertz CT molecular complexity index is 368. The summed E-state index contributed by atoms with van der Waals surface area (Å²) in [4.78, 5) is 0. The first-order chi connectivity index (χ1) is 9.20. The molecule has 0 aromatic heterocycles. The van der Waals surface area contributed by atoms with Crippen LogP contribution in [-0.2, 0) is 0 Å². The van der Waals surface area contributed by atoms with Gasteiger partial charge in [0.1, 0.15) is 0 Å². The molecule has 1 fully saturated rings. The molecule has 1 aliphatic rings. The first-order valence-electron chi connectivity index (χ1n) is 7.98. The van der Waals surface area contributed by atoms with Crippen molar-refractivity contribution in [1.29, 1.82) is 0 Å². The van der Waals surface area contributed by atoms with Crippen molar-refractivity contribution < 1.29 is 5.11 Å². The fourth-order valence-electron chi connectivity index (χ4n) is 3.25. The van der Waals surface area contributed by atoms with Crippen molar-refractivity contribution in [3.8, 4) is 0 Å². The van der Waals surface area contributed by atoms with Crippen LogP contribution in [0.1, 0.15) is 81.9 Å². The Morgan fingerprint density at radius 2 is 1.89 bits per heavy atom. The molecule has 0 aliphatic heterocycles. The Morgan fingerprint density at radius 3 is 2.47 bits per heavy atom. The molecule has 1 nitrogen and oxygen atoms in total. The van der Waals surface area contributed by atoms with E-state index in [1.165, 1.54) is 37.7 Å². The minimum atomic E-state index is -0.275. The van der Waals surface area contributed by atoms with Crippen LogP contribution in [0.15, 0.2) is 24.3 Å². The van der Waals surface area contributed by atoms with E-state index in [0.717, 1.165) is 30.2 Å². The highest BCUT2D eigenvalue weighted by molar-refractivity contribution is 5.27. The van der Waals surface area contributed by atoms with E-state index >= 15 is 0 Å². The topological polar surface area (TPSA) is 20.2 Å². The molecule has 1 aromatic rings. The second-order valence-electron chi connectivity index (χ2n) is 6.29. The molecule has 0 radical (unpaired) electrons. The van der Waals surface area contributed by atoms with Crippen LogP contribution in [0.25, 0.3) is 0 Å². The predicted octanol–water partition coefficient (Wildman–Crippen LogP) is 5.20. The Kier molecular flexibility index (Phi) is 5.45. The summed E-state index contributed by atoms with van der Waals surface area (Å²) in [6.45, 7) is 4.55. The fourth-order valence-corrected chi connectivity index (χ4v) is 3.25. The monoisotopic (exact) mass is 260 g/mol. The van der Waals surface area contributed by atoms with Crippen LogP contribution in [-0.4, -0.2) is 5.11 Å². The Labute approximate surface area is 118 Å². The van der Waals surface area contributed by atoms with Crippen molar-refractivity contribution >= 4 is 0 Å². The average Bonchev–Trinajstić information content (AvgIpc) is 2.86. The zero-order valence-corrected chi connectivity index (χ0v) is 12.4. The molecule has 1 saturated carbocycles. The van der Waals surface area contributed by atoms with Crippen molar-refractivity contribution in [3.63, 3.8) is 0 Å². The molecule has 0 amide bonds. The summed E-state index contributed by atoms with van der Waals surface area (Å²) in [5, 5.41) is 10.1. The maximum absolute atomic E-state index is 10.1. The Morgan fingerprint density at radius 1 is 1.16 bits per heavy atom. The fraction of sp³-hybridized carbons (Fsp3) is 0.667. The van der Waals surface area contributed by atoms with Crippen LogP contribution in [0.5, 0.6) is 0 Å². The quantitative estimate of drug-likeness (QED) is 0.697. The minimum absolute atomic E-state index is 0.275. The molecule has 1 heteroatoms. The molecule has 106 valence electrons. The summed E-state index contributed by atoms with van der Waals surface area (Å²) in [7, 11) is 0. The van der Waals surface area contributed by atoms with Crippen LogP contribution < -0.4 is 0 Å². The lowest BCUT2D eigenvalue weighted by Crippen LogP contribution is -1.99. The predicted molar refractivity (Wildman–Crippen MR) is 81.3 cm³/mol. The van der Waals surface area contributed by atoms with Gasteiger partial charge in [-0.2, -0.15) is 0 Å².